The smallest absolute Gasteiger partial charge is 0.258 e. The van der Waals surface area contributed by atoms with E-state index in [1.54, 1.807) is 36.4 Å². The highest BCUT2D eigenvalue weighted by molar-refractivity contribution is 6.30. The van der Waals surface area contributed by atoms with Crippen molar-refractivity contribution in [2.75, 3.05) is 30.3 Å². The van der Waals surface area contributed by atoms with Crippen LogP contribution in [0, 0.1) is 0 Å². The van der Waals surface area contributed by atoms with Crippen molar-refractivity contribution < 1.29 is 9.59 Å². The third kappa shape index (κ3) is 5.82. The molecule has 1 aromatic heterocycles. The van der Waals surface area contributed by atoms with E-state index in [0.29, 0.717) is 27.7 Å². The maximum absolute atomic E-state index is 12.9. The standard InChI is InChI=1S/C27H29ClN4O2/c1-27(2,18-32-15-5-6-16-32)20-11-9-19(10-12-20)25(33)30-23-8-4-3-7-22(23)26(34)31-24-14-13-21(28)17-29-24/h3-4,7-14,17H,5-6,15-16,18H2,1-2H3,(H,30,33)(H,29,31,34). The van der Waals surface area contributed by atoms with E-state index in [1.165, 1.54) is 24.6 Å². The van der Waals surface area contributed by atoms with Crippen LogP contribution < -0.4 is 10.6 Å². The van der Waals surface area contributed by atoms with Crippen LogP contribution in [0.15, 0.2) is 66.9 Å². The molecule has 1 aliphatic heterocycles. The van der Waals surface area contributed by atoms with Crippen LogP contribution in [0.5, 0.6) is 0 Å². The predicted molar refractivity (Wildman–Crippen MR) is 137 cm³/mol. The number of carbonyl (C=O) groups is 2. The number of halogens is 1. The van der Waals surface area contributed by atoms with Crippen LogP contribution in [0.3, 0.4) is 0 Å². The molecule has 3 aromatic rings. The van der Waals surface area contributed by atoms with Gasteiger partial charge in [0.15, 0.2) is 0 Å². The molecule has 1 aliphatic rings. The van der Waals surface area contributed by atoms with Crippen LogP contribution in [0.25, 0.3) is 0 Å². The maximum Gasteiger partial charge on any atom is 0.258 e. The topological polar surface area (TPSA) is 74.3 Å². The van der Waals surface area contributed by atoms with Gasteiger partial charge >= 0.3 is 0 Å². The molecule has 0 bridgehead atoms. The lowest BCUT2D eigenvalue weighted by molar-refractivity contribution is 0.102. The zero-order valence-electron chi connectivity index (χ0n) is 19.5. The molecule has 2 aromatic carbocycles. The minimum absolute atomic E-state index is 0.000262. The second-order valence-electron chi connectivity index (χ2n) is 9.26. The molecule has 1 saturated heterocycles. The number of carbonyl (C=O) groups excluding carboxylic acids is 2. The first-order valence-electron chi connectivity index (χ1n) is 11.5. The molecule has 7 heteroatoms. The largest absolute Gasteiger partial charge is 0.321 e. The fraction of sp³-hybridized carbons (Fsp3) is 0.296. The van der Waals surface area contributed by atoms with E-state index in [-0.39, 0.29) is 17.2 Å². The van der Waals surface area contributed by atoms with Crippen molar-refractivity contribution in [1.29, 1.82) is 0 Å². The van der Waals surface area contributed by atoms with Gasteiger partial charge in [-0.25, -0.2) is 4.98 Å². The second-order valence-corrected chi connectivity index (χ2v) is 9.70. The van der Waals surface area contributed by atoms with Crippen molar-refractivity contribution >= 4 is 34.9 Å². The summed E-state index contributed by atoms with van der Waals surface area (Å²) in [6.45, 7) is 7.80. The summed E-state index contributed by atoms with van der Waals surface area (Å²) in [7, 11) is 0. The number of para-hydroxylation sites is 1. The lowest BCUT2D eigenvalue weighted by atomic mass is 9.83. The van der Waals surface area contributed by atoms with Crippen molar-refractivity contribution in [1.82, 2.24) is 9.88 Å². The predicted octanol–water partition coefficient (Wildman–Crippen LogP) is 5.61. The minimum Gasteiger partial charge on any atom is -0.321 e. The first-order valence-corrected chi connectivity index (χ1v) is 11.9. The Hall–Kier alpha value is -3.22. The normalized spacial score (nSPS) is 14.1. The number of amides is 2. The van der Waals surface area contributed by atoms with Gasteiger partial charge in [-0.1, -0.05) is 49.7 Å². The minimum atomic E-state index is -0.371. The van der Waals surface area contributed by atoms with Crippen LogP contribution in [0.2, 0.25) is 5.02 Å². The first-order chi connectivity index (χ1) is 16.3. The van der Waals surface area contributed by atoms with E-state index in [0.717, 1.165) is 19.6 Å². The van der Waals surface area contributed by atoms with E-state index >= 15 is 0 Å². The summed E-state index contributed by atoms with van der Waals surface area (Å²) in [5.74, 6) is -0.263. The zero-order chi connectivity index (χ0) is 24.1. The Bertz CT molecular complexity index is 1150. The van der Waals surface area contributed by atoms with Gasteiger partial charge in [0.05, 0.1) is 16.3 Å². The van der Waals surface area contributed by atoms with Gasteiger partial charge < -0.3 is 15.5 Å². The summed E-state index contributed by atoms with van der Waals surface area (Å²) < 4.78 is 0. The van der Waals surface area contributed by atoms with Crippen LogP contribution in [-0.4, -0.2) is 41.3 Å². The van der Waals surface area contributed by atoms with Crippen LogP contribution in [-0.2, 0) is 5.41 Å². The fourth-order valence-corrected chi connectivity index (χ4v) is 4.39. The van der Waals surface area contributed by atoms with Gasteiger partial charge in [0.25, 0.3) is 11.8 Å². The van der Waals surface area contributed by atoms with Gasteiger partial charge in [-0.2, -0.15) is 0 Å². The molecule has 0 atom stereocenters. The average molecular weight is 477 g/mol. The highest BCUT2D eigenvalue weighted by Crippen LogP contribution is 2.27. The highest BCUT2D eigenvalue weighted by Gasteiger charge is 2.26. The second kappa shape index (κ2) is 10.4. The molecule has 4 rings (SSSR count). The summed E-state index contributed by atoms with van der Waals surface area (Å²) in [6, 6.07) is 17.9. The van der Waals surface area contributed by atoms with E-state index < -0.39 is 0 Å². The summed E-state index contributed by atoms with van der Waals surface area (Å²) in [4.78, 5) is 32.3. The molecule has 2 N–H and O–H groups in total. The quantitative estimate of drug-likeness (QED) is 0.464. The molecule has 0 aliphatic carbocycles. The number of hydrogen-bond acceptors (Lipinski definition) is 4. The summed E-state index contributed by atoms with van der Waals surface area (Å²) in [5, 5.41) is 6.08. The third-order valence-corrected chi connectivity index (χ3v) is 6.36. The Balaban J connectivity index is 1.44. The van der Waals surface area contributed by atoms with Crippen LogP contribution in [0.1, 0.15) is 53.0 Å². The zero-order valence-corrected chi connectivity index (χ0v) is 20.2. The van der Waals surface area contributed by atoms with Crippen molar-refractivity contribution in [3.8, 4) is 0 Å². The van der Waals surface area contributed by atoms with Crippen LogP contribution >= 0.6 is 11.6 Å². The van der Waals surface area contributed by atoms with Gasteiger partial charge in [-0.15, -0.1) is 0 Å². The van der Waals surface area contributed by atoms with Gasteiger partial charge in [0.2, 0.25) is 0 Å². The number of likely N-dealkylation sites (tertiary alicyclic amines) is 1. The van der Waals surface area contributed by atoms with Crippen molar-refractivity contribution in [2.45, 2.75) is 32.1 Å². The lowest BCUT2D eigenvalue weighted by Crippen LogP contribution is -2.35. The Morgan fingerprint density at radius 2 is 1.65 bits per heavy atom. The molecule has 6 nitrogen and oxygen atoms in total. The molecule has 0 saturated carbocycles. The molecule has 0 spiro atoms. The molecule has 2 amide bonds. The number of hydrogen-bond donors (Lipinski definition) is 2. The molecule has 34 heavy (non-hydrogen) atoms. The van der Waals surface area contributed by atoms with Gasteiger partial charge in [0, 0.05) is 23.7 Å². The van der Waals surface area contributed by atoms with E-state index in [1.807, 2.05) is 24.3 Å². The number of nitrogens with zero attached hydrogens (tertiary/aromatic N) is 2. The van der Waals surface area contributed by atoms with Crippen molar-refractivity contribution in [2.24, 2.45) is 0 Å². The molecular weight excluding hydrogens is 448 g/mol. The Labute approximate surface area is 205 Å². The number of nitrogens with one attached hydrogen (secondary N) is 2. The number of pyridine rings is 1. The SMILES string of the molecule is CC(C)(CN1CCCC1)c1ccc(C(=O)Nc2ccccc2C(=O)Nc2ccc(Cl)cn2)cc1. The molecule has 176 valence electrons. The molecule has 1 fully saturated rings. The number of aromatic nitrogens is 1. The lowest BCUT2D eigenvalue weighted by Gasteiger charge is -2.30. The number of anilines is 2. The molecular formula is C27H29ClN4O2. The summed E-state index contributed by atoms with van der Waals surface area (Å²) in [6.07, 6.45) is 4.00. The summed E-state index contributed by atoms with van der Waals surface area (Å²) >= 11 is 5.85. The number of rotatable bonds is 7. The number of benzene rings is 2. The van der Waals surface area contributed by atoms with Gasteiger partial charge in [0.1, 0.15) is 5.82 Å². The summed E-state index contributed by atoms with van der Waals surface area (Å²) in [5.41, 5.74) is 2.51. The molecule has 2 heterocycles. The highest BCUT2D eigenvalue weighted by atomic mass is 35.5. The van der Waals surface area contributed by atoms with E-state index in [4.69, 9.17) is 11.6 Å². The van der Waals surface area contributed by atoms with Crippen molar-refractivity contribution in [3.05, 3.63) is 88.6 Å². The van der Waals surface area contributed by atoms with Crippen molar-refractivity contribution in [3.63, 3.8) is 0 Å². The molecule has 0 radical (unpaired) electrons. The van der Waals surface area contributed by atoms with Crippen LogP contribution in [0.4, 0.5) is 11.5 Å². The monoisotopic (exact) mass is 476 g/mol. The first kappa shape index (κ1) is 23.9. The van der Waals surface area contributed by atoms with Gasteiger partial charge in [-0.3, -0.25) is 9.59 Å². The van der Waals surface area contributed by atoms with E-state index in [2.05, 4.69) is 34.4 Å². The van der Waals surface area contributed by atoms with E-state index in [9.17, 15) is 9.59 Å². The Morgan fingerprint density at radius 3 is 2.32 bits per heavy atom. The van der Waals surface area contributed by atoms with Gasteiger partial charge in [-0.05, 0) is 67.9 Å². The Kier molecular flexibility index (Phi) is 7.29. The average Bonchev–Trinajstić information content (AvgIpc) is 3.33. The maximum atomic E-state index is 12.9. The molecule has 0 unspecified atom stereocenters. The Morgan fingerprint density at radius 1 is 0.941 bits per heavy atom. The fourth-order valence-electron chi connectivity index (χ4n) is 4.28. The third-order valence-electron chi connectivity index (χ3n) is 6.14.